The number of carbonyl (C=O) groups is 2. The first-order valence-electron chi connectivity index (χ1n) is 6.00. The van der Waals surface area contributed by atoms with E-state index in [0.717, 1.165) is 5.56 Å². The fourth-order valence-corrected chi connectivity index (χ4v) is 2.15. The molecule has 1 heterocycles. The predicted molar refractivity (Wildman–Crippen MR) is 80.2 cm³/mol. The summed E-state index contributed by atoms with van der Waals surface area (Å²) in [6, 6.07) is 4.10. The van der Waals surface area contributed by atoms with Gasteiger partial charge in [-0.3, -0.25) is 5.10 Å². The maximum absolute atomic E-state index is 12.1. The van der Waals surface area contributed by atoms with Crippen LogP contribution in [0.3, 0.4) is 0 Å². The predicted octanol–water partition coefficient (Wildman–Crippen LogP) is 2.53. The molecule has 8 heteroatoms. The fourth-order valence-electron chi connectivity index (χ4n) is 1.67. The number of carbonyl (C=O) groups excluding carboxylic acids is 1. The summed E-state index contributed by atoms with van der Waals surface area (Å²) in [6.07, 6.45) is 3.35. The van der Waals surface area contributed by atoms with Gasteiger partial charge in [0.05, 0.1) is 24.0 Å². The van der Waals surface area contributed by atoms with Gasteiger partial charge in [-0.2, -0.15) is 5.10 Å². The highest BCUT2D eigenvalue weighted by atomic mass is 79.9. The van der Waals surface area contributed by atoms with Crippen LogP contribution in [-0.2, 0) is 6.54 Å². The van der Waals surface area contributed by atoms with Gasteiger partial charge in [0.25, 0.3) is 0 Å². The number of rotatable bonds is 4. The number of H-pyrrole nitrogens is 1. The lowest BCUT2D eigenvalue weighted by molar-refractivity contribution is 0.0697. The van der Waals surface area contributed by atoms with Crippen LogP contribution in [0, 0.1) is 0 Å². The molecule has 0 bridgehead atoms. The van der Waals surface area contributed by atoms with Crippen molar-refractivity contribution in [3.63, 3.8) is 0 Å². The van der Waals surface area contributed by atoms with Crippen molar-refractivity contribution in [2.24, 2.45) is 0 Å². The molecule has 0 fully saturated rings. The minimum absolute atomic E-state index is 0.145. The summed E-state index contributed by atoms with van der Waals surface area (Å²) in [5, 5.41) is 18.1. The third-order valence-corrected chi connectivity index (χ3v) is 3.44. The van der Waals surface area contributed by atoms with Crippen LogP contribution >= 0.6 is 15.9 Å². The molecule has 3 N–H and O–H groups in total. The number of amides is 2. The number of nitrogens with zero attached hydrogens (tertiary/aromatic N) is 2. The van der Waals surface area contributed by atoms with Gasteiger partial charge in [0, 0.05) is 23.3 Å². The number of anilines is 1. The molecule has 2 rings (SSSR count). The van der Waals surface area contributed by atoms with E-state index in [2.05, 4.69) is 31.4 Å². The second-order valence-corrected chi connectivity index (χ2v) is 5.25. The summed E-state index contributed by atoms with van der Waals surface area (Å²) >= 11 is 3.24. The summed E-state index contributed by atoms with van der Waals surface area (Å²) in [5.74, 6) is -1.02. The molecule has 0 unspecified atom stereocenters. The van der Waals surface area contributed by atoms with Gasteiger partial charge in [0.1, 0.15) is 0 Å². The molecule has 21 heavy (non-hydrogen) atoms. The van der Waals surface area contributed by atoms with Crippen LogP contribution < -0.4 is 5.32 Å². The standard InChI is InChI=1S/C13H13BrN4O3/c1-18(7-8-5-15-16-6-8)13(21)17-11-3-2-9(12(19)20)4-10(11)14/h2-6H,7H2,1H3,(H,15,16)(H,17,21)(H,19,20). The number of urea groups is 1. The van der Waals surface area contributed by atoms with Gasteiger partial charge >= 0.3 is 12.0 Å². The lowest BCUT2D eigenvalue weighted by Gasteiger charge is -2.17. The Bertz CT molecular complexity index is 657. The fraction of sp³-hybridized carbons (Fsp3) is 0.154. The van der Waals surface area contributed by atoms with Crippen LogP contribution in [0.4, 0.5) is 10.5 Å². The molecule has 110 valence electrons. The topological polar surface area (TPSA) is 98.3 Å². The second-order valence-electron chi connectivity index (χ2n) is 4.39. The number of carboxylic acids is 1. The van der Waals surface area contributed by atoms with Gasteiger partial charge in [-0.05, 0) is 34.1 Å². The number of aromatic carboxylic acids is 1. The molecular formula is C13H13BrN4O3. The molecule has 0 aliphatic heterocycles. The van der Waals surface area contributed by atoms with Crippen LogP contribution in [0.15, 0.2) is 35.1 Å². The summed E-state index contributed by atoms with van der Waals surface area (Å²) in [7, 11) is 1.65. The van der Waals surface area contributed by atoms with Crippen molar-refractivity contribution >= 4 is 33.6 Å². The quantitative estimate of drug-likeness (QED) is 0.787. The van der Waals surface area contributed by atoms with E-state index in [1.54, 1.807) is 19.4 Å². The Labute approximate surface area is 129 Å². The van der Waals surface area contributed by atoms with E-state index in [1.807, 2.05) is 0 Å². The Balaban J connectivity index is 2.03. The Morgan fingerprint density at radius 3 is 2.81 bits per heavy atom. The third-order valence-electron chi connectivity index (χ3n) is 2.78. The second kappa shape index (κ2) is 6.40. The van der Waals surface area contributed by atoms with E-state index in [-0.39, 0.29) is 11.6 Å². The van der Waals surface area contributed by atoms with E-state index in [9.17, 15) is 9.59 Å². The van der Waals surface area contributed by atoms with Crippen molar-refractivity contribution in [1.82, 2.24) is 15.1 Å². The monoisotopic (exact) mass is 352 g/mol. The molecule has 0 saturated heterocycles. The highest BCUT2D eigenvalue weighted by molar-refractivity contribution is 9.10. The number of carboxylic acid groups (broad SMARTS) is 1. The zero-order valence-electron chi connectivity index (χ0n) is 11.1. The Hall–Kier alpha value is -2.35. The summed E-state index contributed by atoms with van der Waals surface area (Å²) in [5.41, 5.74) is 1.53. The molecule has 0 spiro atoms. The van der Waals surface area contributed by atoms with Gasteiger partial charge < -0.3 is 15.3 Å². The van der Waals surface area contributed by atoms with Crippen molar-refractivity contribution in [3.8, 4) is 0 Å². The number of halogens is 1. The van der Waals surface area contributed by atoms with Crippen LogP contribution in [0.5, 0.6) is 0 Å². The minimum Gasteiger partial charge on any atom is -0.478 e. The van der Waals surface area contributed by atoms with Crippen molar-refractivity contribution in [2.75, 3.05) is 12.4 Å². The lowest BCUT2D eigenvalue weighted by atomic mass is 10.2. The molecule has 1 aromatic carbocycles. The first-order chi connectivity index (χ1) is 9.97. The molecule has 2 amide bonds. The molecule has 7 nitrogen and oxygen atoms in total. The Morgan fingerprint density at radius 1 is 1.48 bits per heavy atom. The smallest absolute Gasteiger partial charge is 0.335 e. The molecule has 0 atom stereocenters. The number of benzene rings is 1. The van der Waals surface area contributed by atoms with E-state index >= 15 is 0 Å². The van der Waals surface area contributed by atoms with Gasteiger partial charge in [-0.15, -0.1) is 0 Å². The number of aromatic amines is 1. The SMILES string of the molecule is CN(Cc1cn[nH]c1)C(=O)Nc1ccc(C(=O)O)cc1Br. The molecule has 0 radical (unpaired) electrons. The van der Waals surface area contributed by atoms with Crippen LogP contribution in [-0.4, -0.2) is 39.3 Å². The maximum atomic E-state index is 12.1. The molecule has 0 saturated carbocycles. The summed E-state index contributed by atoms with van der Waals surface area (Å²) in [6.45, 7) is 0.410. The van der Waals surface area contributed by atoms with Crippen molar-refractivity contribution in [1.29, 1.82) is 0 Å². The van der Waals surface area contributed by atoms with Crippen molar-refractivity contribution in [2.45, 2.75) is 6.54 Å². The first-order valence-corrected chi connectivity index (χ1v) is 6.79. The van der Waals surface area contributed by atoms with Gasteiger partial charge in [-0.25, -0.2) is 9.59 Å². The van der Waals surface area contributed by atoms with E-state index in [4.69, 9.17) is 5.11 Å². The van der Waals surface area contributed by atoms with Crippen LogP contribution in [0.25, 0.3) is 0 Å². The number of hydrogen-bond donors (Lipinski definition) is 3. The largest absolute Gasteiger partial charge is 0.478 e. The first kappa shape index (κ1) is 15.0. The average molecular weight is 353 g/mol. The number of hydrogen-bond acceptors (Lipinski definition) is 3. The molecule has 2 aromatic rings. The van der Waals surface area contributed by atoms with Gasteiger partial charge in [-0.1, -0.05) is 0 Å². The van der Waals surface area contributed by atoms with E-state index in [0.29, 0.717) is 16.7 Å². The van der Waals surface area contributed by atoms with E-state index in [1.165, 1.54) is 23.1 Å². The normalized spacial score (nSPS) is 10.2. The molecule has 1 aromatic heterocycles. The average Bonchev–Trinajstić information content (AvgIpc) is 2.93. The molecule has 0 aliphatic rings. The summed E-state index contributed by atoms with van der Waals surface area (Å²) in [4.78, 5) is 24.4. The third kappa shape index (κ3) is 3.82. The minimum atomic E-state index is -1.02. The maximum Gasteiger partial charge on any atom is 0.335 e. The van der Waals surface area contributed by atoms with Crippen molar-refractivity contribution in [3.05, 3.63) is 46.2 Å². The Kier molecular flexibility index (Phi) is 4.59. The molecule has 0 aliphatic carbocycles. The van der Waals surface area contributed by atoms with Crippen LogP contribution in [0.2, 0.25) is 0 Å². The van der Waals surface area contributed by atoms with Crippen LogP contribution in [0.1, 0.15) is 15.9 Å². The summed E-state index contributed by atoms with van der Waals surface area (Å²) < 4.78 is 0.507. The van der Waals surface area contributed by atoms with Gasteiger partial charge in [0.2, 0.25) is 0 Å². The van der Waals surface area contributed by atoms with Gasteiger partial charge in [0.15, 0.2) is 0 Å². The number of nitrogens with one attached hydrogen (secondary N) is 2. The zero-order valence-corrected chi connectivity index (χ0v) is 12.7. The lowest BCUT2D eigenvalue weighted by Crippen LogP contribution is -2.30. The van der Waals surface area contributed by atoms with Crippen molar-refractivity contribution < 1.29 is 14.7 Å². The molecular weight excluding hydrogens is 340 g/mol. The number of aromatic nitrogens is 2. The Morgan fingerprint density at radius 2 is 2.24 bits per heavy atom. The highest BCUT2D eigenvalue weighted by Crippen LogP contribution is 2.24. The highest BCUT2D eigenvalue weighted by Gasteiger charge is 2.13. The van der Waals surface area contributed by atoms with E-state index < -0.39 is 5.97 Å². The zero-order chi connectivity index (χ0) is 15.4.